The Bertz CT molecular complexity index is 1760. The van der Waals surface area contributed by atoms with Crippen molar-refractivity contribution < 1.29 is 22.7 Å². The molecule has 4 heterocycles. The number of amides is 1. The Hall–Kier alpha value is -4.56. The molecule has 48 heavy (non-hydrogen) atoms. The number of nitrogens with one attached hydrogen (secondary N) is 2. The Balaban J connectivity index is 1.22. The second-order valence-corrected chi connectivity index (χ2v) is 12.3. The van der Waals surface area contributed by atoms with E-state index in [0.717, 1.165) is 63.2 Å². The maximum atomic E-state index is 13.9. The lowest BCUT2D eigenvalue weighted by molar-refractivity contribution is -0.137. The number of piperazine rings is 1. The fourth-order valence-corrected chi connectivity index (χ4v) is 6.04. The van der Waals surface area contributed by atoms with E-state index in [2.05, 4.69) is 37.4 Å². The predicted octanol–water partition coefficient (Wildman–Crippen LogP) is 5.89. The number of aryl methyl sites for hydroxylation is 1. The molecule has 1 atom stereocenters. The number of anilines is 5. The third-order valence-electron chi connectivity index (χ3n) is 8.90. The lowest BCUT2D eigenvalue weighted by Crippen LogP contribution is -2.46. The van der Waals surface area contributed by atoms with Crippen LogP contribution in [0.25, 0.3) is 11.0 Å². The number of fused-ring (bicyclic) bond motifs is 1. The van der Waals surface area contributed by atoms with Crippen LogP contribution >= 0.6 is 0 Å². The number of alkyl halides is 3. The van der Waals surface area contributed by atoms with Gasteiger partial charge in [0, 0.05) is 69.0 Å². The van der Waals surface area contributed by atoms with E-state index in [9.17, 15) is 18.0 Å². The standard InChI is InChI=1S/C34H40F3N9O2/c1-4-45-10-12-46(13-11-45)26-17-24(34(35,36)37)16-25(18-26)41-32(47)23-9-8-22(2)28(15-23)42-31-30-29(39-21-40-31)19-38-33(43-30)44(3)20-27-7-5-6-14-48-27/h8-9,15-19,21,27H,4-7,10-14,20H2,1-3H3,(H,41,47)(H,39,40,42). The molecule has 2 aromatic carbocycles. The van der Waals surface area contributed by atoms with Gasteiger partial charge >= 0.3 is 6.18 Å². The first-order chi connectivity index (χ1) is 23.1. The first-order valence-corrected chi connectivity index (χ1v) is 16.3. The van der Waals surface area contributed by atoms with E-state index < -0.39 is 17.6 Å². The lowest BCUT2D eigenvalue weighted by Gasteiger charge is -2.36. The van der Waals surface area contributed by atoms with Crippen LogP contribution in [0.5, 0.6) is 0 Å². The number of carbonyl (C=O) groups excluding carboxylic acids is 1. The zero-order valence-corrected chi connectivity index (χ0v) is 27.3. The number of ether oxygens (including phenoxy) is 1. The van der Waals surface area contributed by atoms with Crippen molar-refractivity contribution in [1.29, 1.82) is 0 Å². The molecule has 2 fully saturated rings. The second kappa shape index (κ2) is 14.3. The average Bonchev–Trinajstić information content (AvgIpc) is 3.09. The minimum Gasteiger partial charge on any atom is -0.376 e. The van der Waals surface area contributed by atoms with Crippen molar-refractivity contribution in [3.05, 3.63) is 65.6 Å². The normalized spacial score (nSPS) is 17.4. The summed E-state index contributed by atoms with van der Waals surface area (Å²) >= 11 is 0. The van der Waals surface area contributed by atoms with E-state index in [1.165, 1.54) is 6.33 Å². The molecule has 2 aromatic heterocycles. The van der Waals surface area contributed by atoms with Gasteiger partial charge in [0.15, 0.2) is 5.82 Å². The molecule has 254 valence electrons. The van der Waals surface area contributed by atoms with Crippen LogP contribution in [0.2, 0.25) is 0 Å². The van der Waals surface area contributed by atoms with E-state index in [1.54, 1.807) is 30.5 Å². The number of rotatable bonds is 9. The van der Waals surface area contributed by atoms with Gasteiger partial charge in [0.05, 0.1) is 17.9 Å². The van der Waals surface area contributed by atoms with E-state index >= 15 is 0 Å². The van der Waals surface area contributed by atoms with Crippen LogP contribution in [0, 0.1) is 6.92 Å². The highest BCUT2D eigenvalue weighted by Gasteiger charge is 2.32. The molecular formula is C34H40F3N9O2. The van der Waals surface area contributed by atoms with Crippen LogP contribution in [0.15, 0.2) is 48.9 Å². The van der Waals surface area contributed by atoms with Crippen LogP contribution in [-0.4, -0.2) is 89.8 Å². The predicted molar refractivity (Wildman–Crippen MR) is 180 cm³/mol. The molecule has 0 radical (unpaired) electrons. The fraction of sp³-hybridized carbons (Fsp3) is 0.441. The SMILES string of the molecule is CCN1CCN(c2cc(NC(=O)c3ccc(C)c(Nc4ncnc5cnc(N(C)CC6CCCCO6)nc45)c3)cc(C(F)(F)F)c2)CC1. The van der Waals surface area contributed by atoms with E-state index in [0.29, 0.717) is 53.8 Å². The molecule has 0 saturated carbocycles. The first kappa shape index (κ1) is 33.3. The molecule has 14 heteroatoms. The summed E-state index contributed by atoms with van der Waals surface area (Å²) in [7, 11) is 1.92. The van der Waals surface area contributed by atoms with E-state index in [1.807, 2.05) is 23.8 Å². The maximum absolute atomic E-state index is 13.9. The van der Waals surface area contributed by atoms with Gasteiger partial charge in [-0.1, -0.05) is 13.0 Å². The Kier molecular flexibility index (Phi) is 9.92. The quantitative estimate of drug-likeness (QED) is 0.225. The highest BCUT2D eigenvalue weighted by Crippen LogP contribution is 2.35. The fourth-order valence-electron chi connectivity index (χ4n) is 6.04. The molecule has 2 saturated heterocycles. The molecular weight excluding hydrogens is 623 g/mol. The molecule has 2 aliphatic heterocycles. The number of nitrogens with zero attached hydrogens (tertiary/aromatic N) is 7. The number of likely N-dealkylation sites (N-methyl/N-ethyl adjacent to an activating group) is 2. The number of hydrogen-bond acceptors (Lipinski definition) is 10. The molecule has 0 spiro atoms. The van der Waals surface area contributed by atoms with Gasteiger partial charge < -0.3 is 30.1 Å². The summed E-state index contributed by atoms with van der Waals surface area (Å²) < 4.78 is 47.6. The Labute approximate surface area is 277 Å². The summed E-state index contributed by atoms with van der Waals surface area (Å²) in [6.07, 6.45) is 1.80. The van der Waals surface area contributed by atoms with Crippen molar-refractivity contribution in [2.45, 2.75) is 45.4 Å². The van der Waals surface area contributed by atoms with Gasteiger partial charge in [-0.3, -0.25) is 4.79 Å². The molecule has 1 amide bonds. The maximum Gasteiger partial charge on any atom is 0.416 e. The Morgan fingerprint density at radius 1 is 1.06 bits per heavy atom. The zero-order chi connectivity index (χ0) is 33.8. The molecule has 0 bridgehead atoms. The van der Waals surface area contributed by atoms with Crippen molar-refractivity contribution in [2.24, 2.45) is 0 Å². The largest absolute Gasteiger partial charge is 0.416 e. The van der Waals surface area contributed by atoms with Gasteiger partial charge in [0.25, 0.3) is 5.91 Å². The number of carbonyl (C=O) groups is 1. The van der Waals surface area contributed by atoms with Crippen LogP contribution in [0.4, 0.5) is 42.0 Å². The third kappa shape index (κ3) is 7.76. The Morgan fingerprint density at radius 2 is 1.88 bits per heavy atom. The summed E-state index contributed by atoms with van der Waals surface area (Å²) in [5, 5.41) is 5.99. The van der Waals surface area contributed by atoms with Gasteiger partial charge in [0.1, 0.15) is 17.4 Å². The van der Waals surface area contributed by atoms with Gasteiger partial charge in [-0.05, 0) is 68.6 Å². The van der Waals surface area contributed by atoms with Gasteiger partial charge in [-0.2, -0.15) is 13.2 Å². The van der Waals surface area contributed by atoms with Crippen LogP contribution in [0.1, 0.15) is 47.7 Å². The first-order valence-electron chi connectivity index (χ1n) is 16.3. The molecule has 11 nitrogen and oxygen atoms in total. The van der Waals surface area contributed by atoms with Crippen molar-refractivity contribution >= 4 is 45.8 Å². The Morgan fingerprint density at radius 3 is 2.60 bits per heavy atom. The summed E-state index contributed by atoms with van der Waals surface area (Å²) in [4.78, 5) is 37.6. The smallest absolute Gasteiger partial charge is 0.376 e. The minimum atomic E-state index is -4.57. The number of halogens is 3. The topological polar surface area (TPSA) is 112 Å². The van der Waals surface area contributed by atoms with Crippen LogP contribution < -0.4 is 20.4 Å². The van der Waals surface area contributed by atoms with Crippen LogP contribution in [-0.2, 0) is 10.9 Å². The molecule has 6 rings (SSSR count). The highest BCUT2D eigenvalue weighted by atomic mass is 19.4. The van der Waals surface area contributed by atoms with Gasteiger partial charge in [-0.15, -0.1) is 0 Å². The molecule has 0 aliphatic carbocycles. The molecule has 4 aromatic rings. The third-order valence-corrected chi connectivity index (χ3v) is 8.90. The van der Waals surface area contributed by atoms with Crippen molar-refractivity contribution in [1.82, 2.24) is 24.8 Å². The summed E-state index contributed by atoms with van der Waals surface area (Å²) in [6, 6.07) is 8.76. The number of benzene rings is 2. The average molecular weight is 664 g/mol. The van der Waals surface area contributed by atoms with E-state index in [-0.39, 0.29) is 17.4 Å². The van der Waals surface area contributed by atoms with Crippen LogP contribution in [0.3, 0.4) is 0 Å². The number of aromatic nitrogens is 4. The van der Waals surface area contributed by atoms with Gasteiger partial charge in [-0.25, -0.2) is 19.9 Å². The van der Waals surface area contributed by atoms with Crippen molar-refractivity contribution in [3.8, 4) is 0 Å². The molecule has 2 N–H and O–H groups in total. The monoisotopic (exact) mass is 663 g/mol. The second-order valence-electron chi connectivity index (χ2n) is 12.3. The molecule has 1 unspecified atom stereocenters. The van der Waals surface area contributed by atoms with Gasteiger partial charge in [0.2, 0.25) is 5.95 Å². The molecule has 2 aliphatic rings. The van der Waals surface area contributed by atoms with Crippen molar-refractivity contribution in [3.63, 3.8) is 0 Å². The van der Waals surface area contributed by atoms with E-state index in [4.69, 9.17) is 9.72 Å². The summed E-state index contributed by atoms with van der Waals surface area (Å²) in [5.74, 6) is 0.396. The highest BCUT2D eigenvalue weighted by molar-refractivity contribution is 6.05. The summed E-state index contributed by atoms with van der Waals surface area (Å²) in [6.45, 7) is 8.96. The van der Waals surface area contributed by atoms with Crippen molar-refractivity contribution in [2.75, 3.05) is 73.4 Å². The lowest BCUT2D eigenvalue weighted by atomic mass is 10.1. The summed E-state index contributed by atoms with van der Waals surface area (Å²) in [5.41, 5.74) is 2.42. The number of hydrogen-bond donors (Lipinski definition) is 2. The minimum absolute atomic E-state index is 0.0756. The zero-order valence-electron chi connectivity index (χ0n) is 27.3.